The molecule has 3 aromatic rings. The average Bonchev–Trinajstić information content (AvgIpc) is 3.28. The van der Waals surface area contributed by atoms with Crippen molar-refractivity contribution >= 4 is 14.0 Å². The summed E-state index contributed by atoms with van der Waals surface area (Å²) in [5.74, 6) is 0.845. The van der Waals surface area contributed by atoms with Crippen LogP contribution in [0.1, 0.15) is 49.0 Å². The molecule has 0 spiro atoms. The molecule has 1 aliphatic heterocycles. The van der Waals surface area contributed by atoms with Gasteiger partial charge in [0.15, 0.2) is 8.32 Å². The minimum absolute atomic E-state index is 0.0301. The van der Waals surface area contributed by atoms with Crippen LogP contribution in [0.5, 0.6) is 0 Å². The molecule has 41 heavy (non-hydrogen) atoms. The second kappa shape index (κ2) is 12.2. The third kappa shape index (κ3) is 7.54. The van der Waals surface area contributed by atoms with Crippen LogP contribution >= 0.6 is 0 Å². The van der Waals surface area contributed by atoms with Gasteiger partial charge in [0.25, 0.3) is 0 Å². The van der Waals surface area contributed by atoms with E-state index < -0.39 is 20.1 Å². The van der Waals surface area contributed by atoms with E-state index in [1.165, 1.54) is 6.20 Å². The molecule has 8 nitrogen and oxygen atoms in total. The summed E-state index contributed by atoms with van der Waals surface area (Å²) in [5.41, 5.74) is 0.998. The highest BCUT2D eigenvalue weighted by atomic mass is 28.4. The number of rotatable bonds is 12. The molecule has 1 N–H and O–H groups in total. The van der Waals surface area contributed by atoms with Gasteiger partial charge >= 0.3 is 6.18 Å². The highest BCUT2D eigenvalue weighted by molar-refractivity contribution is 6.74. The maximum atomic E-state index is 14.0. The highest BCUT2D eigenvalue weighted by Crippen LogP contribution is 2.38. The molecule has 1 aromatic carbocycles. The first-order valence-corrected chi connectivity index (χ1v) is 16.6. The summed E-state index contributed by atoms with van der Waals surface area (Å²) in [6.45, 7) is 12.5. The Morgan fingerprint density at radius 2 is 1.88 bits per heavy atom. The van der Waals surface area contributed by atoms with Gasteiger partial charge in [0.05, 0.1) is 50.8 Å². The van der Waals surface area contributed by atoms with Crippen molar-refractivity contribution < 1.29 is 27.1 Å². The van der Waals surface area contributed by atoms with Gasteiger partial charge < -0.3 is 23.8 Å². The lowest BCUT2D eigenvalue weighted by molar-refractivity contribution is -0.138. The third-order valence-corrected chi connectivity index (χ3v) is 12.6. The van der Waals surface area contributed by atoms with E-state index in [2.05, 4.69) is 54.4 Å². The second-order valence-electron chi connectivity index (χ2n) is 12.2. The standard InChI is InChI=1S/C29H40F3N5O3Si/c1-27(2,3)41(5,6)40-11-10-38-17-21-12-24(29(30,31)32)25(34-15-21)16-33-23-9-7-8-22(13-23)28(18-39-19-28)14-26-36-35-20-37(26)4/h7-9,12-13,15,20,33H,10-11,14,16-19H2,1-6H3. The zero-order chi connectivity index (χ0) is 29.9. The van der Waals surface area contributed by atoms with Gasteiger partial charge in [-0.3, -0.25) is 4.98 Å². The SMILES string of the molecule is Cn1cnnc1CC1(c2cccc(NCc3ncc(COCCO[Si](C)(C)C(C)(C)C)cc3C(F)(F)F)c2)COC1. The third-order valence-electron chi connectivity index (χ3n) is 8.09. The monoisotopic (exact) mass is 591 g/mol. The quantitative estimate of drug-likeness (QED) is 0.208. The molecular weight excluding hydrogens is 551 g/mol. The van der Waals surface area contributed by atoms with Crippen molar-refractivity contribution in [3.05, 3.63) is 71.1 Å². The zero-order valence-electron chi connectivity index (χ0n) is 24.6. The summed E-state index contributed by atoms with van der Waals surface area (Å²) < 4.78 is 61.1. The van der Waals surface area contributed by atoms with Crippen molar-refractivity contribution in [3.8, 4) is 0 Å². The largest absolute Gasteiger partial charge is 0.418 e. The van der Waals surface area contributed by atoms with Crippen LogP contribution in [0.25, 0.3) is 0 Å². The smallest absolute Gasteiger partial charge is 0.414 e. The Bertz CT molecular complexity index is 1320. The van der Waals surface area contributed by atoms with Crippen LogP contribution in [-0.2, 0) is 52.1 Å². The highest BCUT2D eigenvalue weighted by Gasteiger charge is 2.42. The first-order chi connectivity index (χ1) is 19.2. The number of nitrogens with one attached hydrogen (secondary N) is 1. The van der Waals surface area contributed by atoms with Crippen LogP contribution in [0.4, 0.5) is 18.9 Å². The second-order valence-corrected chi connectivity index (χ2v) is 17.0. The lowest BCUT2D eigenvalue weighted by atomic mass is 9.75. The van der Waals surface area contributed by atoms with E-state index >= 15 is 0 Å². The molecule has 0 aliphatic carbocycles. The van der Waals surface area contributed by atoms with Gasteiger partial charge in [-0.05, 0) is 47.5 Å². The van der Waals surface area contributed by atoms with Crippen LogP contribution in [0.3, 0.4) is 0 Å². The molecule has 0 atom stereocenters. The molecule has 0 radical (unpaired) electrons. The first-order valence-electron chi connectivity index (χ1n) is 13.7. The van der Waals surface area contributed by atoms with Crippen LogP contribution in [0.15, 0.2) is 42.9 Å². The van der Waals surface area contributed by atoms with E-state index in [4.69, 9.17) is 13.9 Å². The molecule has 12 heteroatoms. The number of anilines is 1. The zero-order valence-corrected chi connectivity index (χ0v) is 25.6. The van der Waals surface area contributed by atoms with E-state index in [1.54, 1.807) is 6.33 Å². The summed E-state index contributed by atoms with van der Waals surface area (Å²) in [5, 5.41) is 11.4. The number of ether oxygens (including phenoxy) is 2. The van der Waals surface area contributed by atoms with Crippen molar-refractivity contribution in [1.29, 1.82) is 0 Å². The van der Waals surface area contributed by atoms with Crippen molar-refractivity contribution in [3.63, 3.8) is 0 Å². The molecule has 0 saturated carbocycles. The molecule has 1 fully saturated rings. The Morgan fingerprint density at radius 3 is 2.49 bits per heavy atom. The predicted molar refractivity (Wildman–Crippen MR) is 153 cm³/mol. The molecular formula is C29H40F3N5O3Si. The molecule has 0 unspecified atom stereocenters. The van der Waals surface area contributed by atoms with Gasteiger partial charge in [0, 0.05) is 30.8 Å². The Balaban J connectivity index is 1.39. The summed E-state index contributed by atoms with van der Waals surface area (Å²) in [7, 11) is -0.00712. The predicted octanol–water partition coefficient (Wildman–Crippen LogP) is 5.89. The molecule has 2 aromatic heterocycles. The van der Waals surface area contributed by atoms with Gasteiger partial charge in [-0.1, -0.05) is 32.9 Å². The van der Waals surface area contributed by atoms with Crippen molar-refractivity contribution in [2.24, 2.45) is 7.05 Å². The van der Waals surface area contributed by atoms with E-state index in [1.807, 2.05) is 35.9 Å². The average molecular weight is 592 g/mol. The number of halogens is 3. The number of pyridine rings is 1. The van der Waals surface area contributed by atoms with Crippen molar-refractivity contribution in [2.75, 3.05) is 31.7 Å². The molecule has 4 rings (SSSR count). The number of alkyl halides is 3. The van der Waals surface area contributed by atoms with E-state index in [0.717, 1.165) is 17.5 Å². The Hall–Kier alpha value is -2.80. The van der Waals surface area contributed by atoms with Gasteiger partial charge in [-0.2, -0.15) is 13.2 Å². The lowest BCUT2D eigenvalue weighted by Crippen LogP contribution is -2.49. The summed E-state index contributed by atoms with van der Waals surface area (Å²) >= 11 is 0. The molecule has 0 amide bonds. The fourth-order valence-corrected chi connectivity index (χ4v) is 5.42. The van der Waals surface area contributed by atoms with Gasteiger partial charge in [0.2, 0.25) is 0 Å². The fraction of sp³-hybridized carbons (Fsp3) is 0.552. The summed E-state index contributed by atoms with van der Waals surface area (Å²) in [4.78, 5) is 4.16. The van der Waals surface area contributed by atoms with Gasteiger partial charge in [0.1, 0.15) is 12.2 Å². The van der Waals surface area contributed by atoms with Crippen molar-refractivity contribution in [2.45, 2.75) is 70.1 Å². The normalized spacial score (nSPS) is 15.5. The number of benzene rings is 1. The Kier molecular flexibility index (Phi) is 9.27. The summed E-state index contributed by atoms with van der Waals surface area (Å²) in [6, 6.07) is 8.81. The Morgan fingerprint density at radius 1 is 1.12 bits per heavy atom. The maximum absolute atomic E-state index is 14.0. The summed E-state index contributed by atoms with van der Waals surface area (Å²) in [6.07, 6.45) is -0.790. The molecule has 3 heterocycles. The number of aryl methyl sites for hydroxylation is 1. The van der Waals surface area contributed by atoms with Crippen LogP contribution < -0.4 is 5.32 Å². The minimum Gasteiger partial charge on any atom is -0.414 e. The van der Waals surface area contributed by atoms with Crippen LogP contribution in [-0.4, -0.2) is 54.5 Å². The number of aromatic nitrogens is 4. The molecule has 1 saturated heterocycles. The fourth-order valence-electron chi connectivity index (χ4n) is 4.40. The number of nitrogens with zero attached hydrogens (tertiary/aromatic N) is 4. The number of hydrogen-bond acceptors (Lipinski definition) is 7. The maximum Gasteiger partial charge on any atom is 0.418 e. The van der Waals surface area contributed by atoms with Gasteiger partial charge in [-0.15, -0.1) is 10.2 Å². The number of hydrogen-bond donors (Lipinski definition) is 1. The van der Waals surface area contributed by atoms with Crippen LogP contribution in [0, 0.1) is 0 Å². The van der Waals surface area contributed by atoms with E-state index in [-0.39, 0.29) is 29.3 Å². The van der Waals surface area contributed by atoms with Gasteiger partial charge in [-0.25, -0.2) is 0 Å². The topological polar surface area (TPSA) is 83.3 Å². The first kappa shape index (κ1) is 31.1. The molecule has 1 aliphatic rings. The lowest BCUT2D eigenvalue weighted by Gasteiger charge is -2.41. The molecule has 0 bridgehead atoms. The van der Waals surface area contributed by atoms with Crippen molar-refractivity contribution in [1.82, 2.24) is 19.7 Å². The molecule has 224 valence electrons. The van der Waals surface area contributed by atoms with E-state index in [0.29, 0.717) is 44.1 Å². The van der Waals surface area contributed by atoms with E-state index in [9.17, 15) is 13.2 Å². The Labute approximate surface area is 240 Å². The minimum atomic E-state index is -4.54. The van der Waals surface area contributed by atoms with Crippen LogP contribution in [0.2, 0.25) is 18.1 Å².